The molecule has 4 rings (SSSR count). The number of aromatic nitrogens is 2. The molecule has 0 amide bonds. The fourth-order valence-corrected chi connectivity index (χ4v) is 4.29. The van der Waals surface area contributed by atoms with Crippen molar-refractivity contribution in [3.63, 3.8) is 0 Å². The van der Waals surface area contributed by atoms with Crippen molar-refractivity contribution in [3.8, 4) is 11.5 Å². The molecule has 2 heterocycles. The van der Waals surface area contributed by atoms with Crippen molar-refractivity contribution in [2.24, 2.45) is 0 Å². The van der Waals surface area contributed by atoms with E-state index in [0.717, 1.165) is 10.9 Å². The number of carboxylic acid groups (broad SMARTS) is 1. The molecule has 0 saturated carbocycles. The molecule has 0 bridgehead atoms. The average molecular weight is 505 g/mol. The van der Waals surface area contributed by atoms with Gasteiger partial charge in [0.25, 0.3) is 0 Å². The van der Waals surface area contributed by atoms with Crippen LogP contribution in [0.3, 0.4) is 0 Å². The summed E-state index contributed by atoms with van der Waals surface area (Å²) >= 11 is 0. The van der Waals surface area contributed by atoms with E-state index in [4.69, 9.17) is 14.0 Å². The number of aliphatic carboxylic acids is 1. The molecule has 0 aliphatic carbocycles. The highest BCUT2D eigenvalue weighted by molar-refractivity contribution is 5.85. The molecule has 0 aliphatic rings. The van der Waals surface area contributed by atoms with E-state index < -0.39 is 23.9 Å². The highest BCUT2D eigenvalue weighted by Crippen LogP contribution is 2.38. The van der Waals surface area contributed by atoms with Crippen LogP contribution in [0.1, 0.15) is 50.4 Å². The fraction of sp³-hybridized carbons (Fsp3) is 0.385. The van der Waals surface area contributed by atoms with E-state index in [2.05, 4.69) is 5.16 Å². The summed E-state index contributed by atoms with van der Waals surface area (Å²) in [5.74, 6) is 0.250. The summed E-state index contributed by atoms with van der Waals surface area (Å²) in [4.78, 5) is 11.5. The Balaban J connectivity index is 1.37. The lowest BCUT2D eigenvalue weighted by Crippen LogP contribution is -2.17. The van der Waals surface area contributed by atoms with Gasteiger partial charge >= 0.3 is 12.1 Å². The first kappa shape index (κ1) is 25.4. The molecule has 36 heavy (non-hydrogen) atoms. The highest BCUT2D eigenvalue weighted by Gasteiger charge is 2.37. The zero-order valence-corrected chi connectivity index (χ0v) is 20.0. The van der Waals surface area contributed by atoms with Crippen molar-refractivity contribution < 1.29 is 37.1 Å². The average Bonchev–Trinajstić information content (AvgIpc) is 3.45. The van der Waals surface area contributed by atoms with E-state index in [-0.39, 0.29) is 11.0 Å². The summed E-state index contributed by atoms with van der Waals surface area (Å²) in [6, 6.07) is 9.58. The quantitative estimate of drug-likeness (QED) is 0.231. The van der Waals surface area contributed by atoms with Crippen LogP contribution >= 0.6 is 0 Å². The normalized spacial score (nSPS) is 12.8. The second-order valence-corrected chi connectivity index (χ2v) is 8.45. The number of alkyl halides is 3. The molecular weight excluding hydrogens is 477 g/mol. The Morgan fingerprint density at radius 2 is 1.92 bits per heavy atom. The third-order valence-electron chi connectivity index (χ3n) is 5.98. The number of hydrogen-bond acceptors (Lipinski definition) is 5. The number of benzene rings is 2. The van der Waals surface area contributed by atoms with Gasteiger partial charge in [0.05, 0.1) is 18.6 Å². The molecule has 4 aromatic rings. The first-order valence-electron chi connectivity index (χ1n) is 11.8. The molecule has 0 aliphatic heterocycles. The predicted octanol–water partition coefficient (Wildman–Crippen LogP) is 6.64. The minimum Gasteiger partial charge on any atom is -0.493 e. The first-order chi connectivity index (χ1) is 17.2. The maximum atomic E-state index is 13.2. The SMILES string of the molecule is CCCc1c(OCCCOc2ccc3c(ccn3C(CC)C(=O)O)c2)ccc2c(C(F)(F)F)noc12. The molecule has 0 fully saturated rings. The summed E-state index contributed by atoms with van der Waals surface area (Å²) in [5, 5.41) is 13.5. The number of carboxylic acids is 1. The number of carbonyl (C=O) groups is 1. The zero-order chi connectivity index (χ0) is 25.9. The Bertz CT molecular complexity index is 1360. The van der Waals surface area contributed by atoms with Crippen LogP contribution in [0.15, 0.2) is 47.1 Å². The number of ether oxygens (including phenoxy) is 2. The van der Waals surface area contributed by atoms with Crippen molar-refractivity contribution in [2.75, 3.05) is 13.2 Å². The minimum absolute atomic E-state index is 0.0699. The molecule has 2 aromatic carbocycles. The van der Waals surface area contributed by atoms with E-state index in [9.17, 15) is 23.1 Å². The maximum Gasteiger partial charge on any atom is 0.437 e. The Hall–Kier alpha value is -3.69. The van der Waals surface area contributed by atoms with E-state index >= 15 is 0 Å². The van der Waals surface area contributed by atoms with Crippen LogP contribution in [0.25, 0.3) is 21.9 Å². The number of halogens is 3. The molecule has 1 atom stereocenters. The molecular formula is C26H27F3N2O5. The number of aryl methyl sites for hydroxylation is 1. The number of rotatable bonds is 11. The van der Waals surface area contributed by atoms with E-state index in [1.807, 2.05) is 32.0 Å². The van der Waals surface area contributed by atoms with Crippen LogP contribution in [-0.4, -0.2) is 34.0 Å². The minimum atomic E-state index is -4.59. The zero-order valence-electron chi connectivity index (χ0n) is 20.0. The Labute approximate surface area is 205 Å². The lowest BCUT2D eigenvalue weighted by Gasteiger charge is -2.14. The molecule has 0 spiro atoms. The molecule has 10 heteroatoms. The van der Waals surface area contributed by atoms with Gasteiger partial charge in [-0.05, 0) is 49.2 Å². The summed E-state index contributed by atoms with van der Waals surface area (Å²) in [6.45, 7) is 4.42. The van der Waals surface area contributed by atoms with Gasteiger partial charge in [-0.1, -0.05) is 25.4 Å². The van der Waals surface area contributed by atoms with Crippen molar-refractivity contribution in [1.82, 2.24) is 9.72 Å². The highest BCUT2D eigenvalue weighted by atomic mass is 19.4. The lowest BCUT2D eigenvalue weighted by atomic mass is 10.0. The van der Waals surface area contributed by atoms with Gasteiger partial charge in [0.2, 0.25) is 0 Å². The second kappa shape index (κ2) is 10.5. The molecule has 2 aromatic heterocycles. The topological polar surface area (TPSA) is 86.7 Å². The Morgan fingerprint density at radius 3 is 2.61 bits per heavy atom. The lowest BCUT2D eigenvalue weighted by molar-refractivity contribution is -0.142. The third-order valence-corrected chi connectivity index (χ3v) is 5.98. The molecule has 7 nitrogen and oxygen atoms in total. The standard InChI is InChI=1S/C26H27F3N2O5/c1-3-6-18-22(10-8-19-23(18)36-30-24(19)26(27,28)29)35-14-5-13-34-17-7-9-21-16(15-17)11-12-31(21)20(4-2)25(32)33/h7-12,15,20H,3-6,13-14H2,1-2H3,(H,32,33). The van der Waals surface area contributed by atoms with Crippen LogP contribution in [0.4, 0.5) is 13.2 Å². The van der Waals surface area contributed by atoms with Crippen LogP contribution in [0.2, 0.25) is 0 Å². The Kier molecular flexibility index (Phi) is 7.42. The number of nitrogens with zero attached hydrogens (tertiary/aromatic N) is 2. The van der Waals surface area contributed by atoms with Gasteiger partial charge in [0.15, 0.2) is 11.3 Å². The molecule has 0 radical (unpaired) electrons. The molecule has 1 N–H and O–H groups in total. The predicted molar refractivity (Wildman–Crippen MR) is 128 cm³/mol. The van der Waals surface area contributed by atoms with Crippen LogP contribution in [0, 0.1) is 0 Å². The summed E-state index contributed by atoms with van der Waals surface area (Å²) in [7, 11) is 0. The van der Waals surface area contributed by atoms with Crippen molar-refractivity contribution >= 4 is 27.8 Å². The van der Waals surface area contributed by atoms with Gasteiger partial charge in [0, 0.05) is 29.1 Å². The van der Waals surface area contributed by atoms with Gasteiger partial charge < -0.3 is 23.7 Å². The summed E-state index contributed by atoms with van der Waals surface area (Å²) < 4.78 is 58.0. The van der Waals surface area contributed by atoms with Gasteiger partial charge in [0.1, 0.15) is 17.5 Å². The molecule has 192 valence electrons. The monoisotopic (exact) mass is 504 g/mol. The summed E-state index contributed by atoms with van der Waals surface area (Å²) in [6.07, 6.45) is -0.601. The van der Waals surface area contributed by atoms with Gasteiger partial charge in [-0.25, -0.2) is 4.79 Å². The van der Waals surface area contributed by atoms with Gasteiger partial charge in [-0.3, -0.25) is 0 Å². The van der Waals surface area contributed by atoms with Gasteiger partial charge in [-0.2, -0.15) is 13.2 Å². The van der Waals surface area contributed by atoms with Crippen LogP contribution in [-0.2, 0) is 17.4 Å². The summed E-state index contributed by atoms with van der Waals surface area (Å²) in [5.41, 5.74) is 0.460. The molecule has 1 unspecified atom stereocenters. The van der Waals surface area contributed by atoms with Crippen molar-refractivity contribution in [1.29, 1.82) is 0 Å². The maximum absolute atomic E-state index is 13.2. The Morgan fingerprint density at radius 1 is 1.14 bits per heavy atom. The van der Waals surface area contributed by atoms with Crippen LogP contribution in [0.5, 0.6) is 11.5 Å². The van der Waals surface area contributed by atoms with Gasteiger partial charge in [-0.15, -0.1) is 0 Å². The molecule has 0 saturated heterocycles. The van der Waals surface area contributed by atoms with E-state index in [1.165, 1.54) is 12.1 Å². The van der Waals surface area contributed by atoms with E-state index in [0.29, 0.717) is 56.0 Å². The van der Waals surface area contributed by atoms with Crippen LogP contribution < -0.4 is 9.47 Å². The fourth-order valence-electron chi connectivity index (χ4n) is 4.29. The third kappa shape index (κ3) is 5.12. The smallest absolute Gasteiger partial charge is 0.437 e. The largest absolute Gasteiger partial charge is 0.493 e. The van der Waals surface area contributed by atoms with Crippen molar-refractivity contribution in [2.45, 2.75) is 51.7 Å². The van der Waals surface area contributed by atoms with Crippen molar-refractivity contribution in [3.05, 3.63) is 53.9 Å². The first-order valence-corrected chi connectivity index (χ1v) is 11.8. The second-order valence-electron chi connectivity index (χ2n) is 8.45. The van der Waals surface area contributed by atoms with E-state index in [1.54, 1.807) is 16.8 Å². The number of fused-ring (bicyclic) bond motifs is 2. The number of hydrogen-bond donors (Lipinski definition) is 1.